The summed E-state index contributed by atoms with van der Waals surface area (Å²) < 4.78 is 6.41. The molecule has 0 saturated carbocycles. The van der Waals surface area contributed by atoms with E-state index in [1.807, 2.05) is 6.07 Å². The number of guanidine groups is 1. The van der Waals surface area contributed by atoms with Crippen LogP contribution in [0.4, 0.5) is 5.69 Å². The number of anilines is 1. The van der Waals surface area contributed by atoms with Crippen molar-refractivity contribution in [3.05, 3.63) is 40.5 Å². The number of halogens is 2. The van der Waals surface area contributed by atoms with Crippen LogP contribution in [0.3, 0.4) is 0 Å². The number of benzene rings is 1. The van der Waals surface area contributed by atoms with Gasteiger partial charge in [-0.1, -0.05) is 31.1 Å². The molecule has 1 atom stereocenters. The molecule has 1 unspecified atom stereocenters. The van der Waals surface area contributed by atoms with Crippen LogP contribution in [0.25, 0.3) is 0 Å². The minimum atomic E-state index is 0. The van der Waals surface area contributed by atoms with Gasteiger partial charge in [-0.25, -0.2) is 0 Å². The number of nitrogens with one attached hydrogen (secondary N) is 2. The number of aromatic nitrogens is 2. The van der Waals surface area contributed by atoms with Crippen molar-refractivity contribution in [2.45, 2.75) is 38.6 Å². The molecule has 2 N–H and O–H groups in total. The third-order valence-electron chi connectivity index (χ3n) is 4.58. The predicted octanol–water partition coefficient (Wildman–Crippen LogP) is 3.56. The lowest BCUT2D eigenvalue weighted by Crippen LogP contribution is -2.45. The SMILES string of the molecule is CN=C(NCCc1nc(C(C)C)no1)NC1CCN(c2ccccc2Br)C1.I. The van der Waals surface area contributed by atoms with E-state index in [4.69, 9.17) is 4.52 Å². The second kappa shape index (κ2) is 11.0. The molecule has 0 amide bonds. The van der Waals surface area contributed by atoms with Crippen molar-refractivity contribution in [1.82, 2.24) is 20.8 Å². The molecular weight excluding hydrogens is 535 g/mol. The fourth-order valence-corrected chi connectivity index (χ4v) is 3.62. The summed E-state index contributed by atoms with van der Waals surface area (Å²) >= 11 is 3.64. The fourth-order valence-electron chi connectivity index (χ4n) is 3.08. The summed E-state index contributed by atoms with van der Waals surface area (Å²) in [5, 5.41) is 10.8. The molecule has 1 fully saturated rings. The van der Waals surface area contributed by atoms with E-state index in [-0.39, 0.29) is 29.9 Å². The Labute approximate surface area is 191 Å². The van der Waals surface area contributed by atoms with Crippen molar-refractivity contribution < 1.29 is 4.52 Å². The Morgan fingerprint density at radius 3 is 2.86 bits per heavy atom. The first-order valence-electron chi connectivity index (χ1n) is 9.36. The van der Waals surface area contributed by atoms with Crippen LogP contribution in [0, 0.1) is 0 Å². The van der Waals surface area contributed by atoms with Crippen LogP contribution < -0.4 is 15.5 Å². The van der Waals surface area contributed by atoms with Gasteiger partial charge in [-0.2, -0.15) is 4.98 Å². The number of hydrogen-bond acceptors (Lipinski definition) is 5. The zero-order chi connectivity index (χ0) is 19.2. The van der Waals surface area contributed by atoms with Crippen molar-refractivity contribution in [2.75, 3.05) is 31.6 Å². The molecule has 1 aromatic heterocycles. The van der Waals surface area contributed by atoms with E-state index in [1.54, 1.807) is 7.05 Å². The minimum Gasteiger partial charge on any atom is -0.368 e. The number of aliphatic imine (C=N–C) groups is 1. The number of rotatable bonds is 6. The Morgan fingerprint density at radius 2 is 2.18 bits per heavy atom. The van der Waals surface area contributed by atoms with Gasteiger partial charge in [0.25, 0.3) is 0 Å². The van der Waals surface area contributed by atoms with Gasteiger partial charge < -0.3 is 20.1 Å². The van der Waals surface area contributed by atoms with Crippen molar-refractivity contribution in [1.29, 1.82) is 0 Å². The van der Waals surface area contributed by atoms with Crippen LogP contribution >= 0.6 is 39.9 Å². The summed E-state index contributed by atoms with van der Waals surface area (Å²) in [6.45, 7) is 6.77. The number of para-hydroxylation sites is 1. The van der Waals surface area contributed by atoms with Crippen molar-refractivity contribution in [2.24, 2.45) is 4.99 Å². The molecule has 1 aliphatic rings. The lowest BCUT2D eigenvalue weighted by atomic mass is 10.2. The molecule has 0 aliphatic carbocycles. The van der Waals surface area contributed by atoms with Gasteiger partial charge in [0.15, 0.2) is 11.8 Å². The average molecular weight is 563 g/mol. The molecule has 9 heteroatoms. The van der Waals surface area contributed by atoms with Crippen molar-refractivity contribution >= 4 is 51.6 Å². The van der Waals surface area contributed by atoms with Gasteiger partial charge in [0.05, 0.1) is 5.69 Å². The van der Waals surface area contributed by atoms with Crippen LogP contribution in [0.5, 0.6) is 0 Å². The maximum absolute atomic E-state index is 5.28. The lowest BCUT2D eigenvalue weighted by Gasteiger charge is -2.21. The molecule has 3 rings (SSSR count). The highest BCUT2D eigenvalue weighted by atomic mass is 127. The summed E-state index contributed by atoms with van der Waals surface area (Å²) in [6.07, 6.45) is 1.75. The molecule has 0 radical (unpaired) electrons. The Morgan fingerprint density at radius 1 is 1.39 bits per heavy atom. The topological polar surface area (TPSA) is 78.6 Å². The molecule has 1 aliphatic heterocycles. The van der Waals surface area contributed by atoms with Crippen LogP contribution in [0.2, 0.25) is 0 Å². The van der Waals surface area contributed by atoms with E-state index in [2.05, 4.69) is 78.6 Å². The molecular formula is C19H28BrIN6O. The first kappa shape index (κ1) is 22.9. The standard InChI is InChI=1S/C19H27BrN6O.HI/c1-13(2)18-24-17(27-25-18)8-10-22-19(21-3)23-14-9-11-26(12-14)16-7-5-4-6-15(16)20;/h4-7,13-14H,8-12H2,1-3H3,(H2,21,22,23);1H. The average Bonchev–Trinajstić information content (AvgIpc) is 3.31. The fraction of sp³-hybridized carbons (Fsp3) is 0.526. The Bertz CT molecular complexity index is 781. The summed E-state index contributed by atoms with van der Waals surface area (Å²) in [5.74, 6) is 2.49. The van der Waals surface area contributed by atoms with Crippen molar-refractivity contribution in [3.63, 3.8) is 0 Å². The third-order valence-corrected chi connectivity index (χ3v) is 5.25. The molecule has 1 saturated heterocycles. The zero-order valence-electron chi connectivity index (χ0n) is 16.5. The van der Waals surface area contributed by atoms with Gasteiger partial charge in [-0.15, -0.1) is 24.0 Å². The van der Waals surface area contributed by atoms with Gasteiger partial charge in [-0.05, 0) is 34.5 Å². The van der Waals surface area contributed by atoms with E-state index in [0.29, 0.717) is 24.9 Å². The van der Waals surface area contributed by atoms with Gasteiger partial charge in [-0.3, -0.25) is 4.99 Å². The van der Waals surface area contributed by atoms with Gasteiger partial charge in [0, 0.05) is 49.5 Å². The summed E-state index contributed by atoms with van der Waals surface area (Å²) in [5.41, 5.74) is 1.24. The van der Waals surface area contributed by atoms with Crippen molar-refractivity contribution in [3.8, 4) is 0 Å². The number of nitrogens with zero attached hydrogens (tertiary/aromatic N) is 4. The van der Waals surface area contributed by atoms with Crippen LogP contribution in [-0.4, -0.2) is 48.8 Å². The predicted molar refractivity (Wildman–Crippen MR) is 127 cm³/mol. The quantitative estimate of drug-likeness (QED) is 0.318. The molecule has 154 valence electrons. The van der Waals surface area contributed by atoms with E-state index in [0.717, 1.165) is 35.8 Å². The summed E-state index contributed by atoms with van der Waals surface area (Å²) in [7, 11) is 1.79. The second-order valence-corrected chi connectivity index (χ2v) is 7.83. The lowest BCUT2D eigenvalue weighted by molar-refractivity contribution is 0.371. The Balaban J connectivity index is 0.00000280. The van der Waals surface area contributed by atoms with Crippen LogP contribution in [-0.2, 0) is 6.42 Å². The highest BCUT2D eigenvalue weighted by molar-refractivity contribution is 14.0. The smallest absolute Gasteiger partial charge is 0.228 e. The van der Waals surface area contributed by atoms with Gasteiger partial charge in [0.2, 0.25) is 5.89 Å². The molecule has 7 nitrogen and oxygen atoms in total. The summed E-state index contributed by atoms with van der Waals surface area (Å²) in [4.78, 5) is 11.1. The van der Waals surface area contributed by atoms with Crippen LogP contribution in [0.15, 0.2) is 38.3 Å². The minimum absolute atomic E-state index is 0. The first-order chi connectivity index (χ1) is 13.1. The molecule has 1 aromatic carbocycles. The largest absolute Gasteiger partial charge is 0.368 e. The molecule has 0 bridgehead atoms. The highest BCUT2D eigenvalue weighted by Gasteiger charge is 2.24. The number of hydrogen-bond donors (Lipinski definition) is 2. The Hall–Kier alpha value is -1.36. The normalized spacial score (nSPS) is 17.0. The monoisotopic (exact) mass is 562 g/mol. The Kier molecular flexibility index (Phi) is 9.00. The maximum atomic E-state index is 5.28. The van der Waals surface area contributed by atoms with E-state index in [1.165, 1.54) is 5.69 Å². The molecule has 2 aromatic rings. The highest BCUT2D eigenvalue weighted by Crippen LogP contribution is 2.28. The van der Waals surface area contributed by atoms with Crippen LogP contribution in [0.1, 0.15) is 37.9 Å². The maximum Gasteiger partial charge on any atom is 0.228 e. The molecule has 2 heterocycles. The van der Waals surface area contributed by atoms with E-state index < -0.39 is 0 Å². The zero-order valence-corrected chi connectivity index (χ0v) is 20.4. The summed E-state index contributed by atoms with van der Waals surface area (Å²) in [6, 6.07) is 8.70. The van der Waals surface area contributed by atoms with E-state index >= 15 is 0 Å². The van der Waals surface area contributed by atoms with Gasteiger partial charge in [0.1, 0.15) is 0 Å². The first-order valence-corrected chi connectivity index (χ1v) is 10.1. The second-order valence-electron chi connectivity index (χ2n) is 6.98. The molecule has 0 spiro atoms. The van der Waals surface area contributed by atoms with E-state index in [9.17, 15) is 0 Å². The third kappa shape index (κ3) is 6.07. The van der Waals surface area contributed by atoms with Gasteiger partial charge >= 0.3 is 0 Å². The molecule has 28 heavy (non-hydrogen) atoms.